The monoisotopic (exact) mass is 495 g/mol. The molecule has 0 aliphatic heterocycles. The summed E-state index contributed by atoms with van der Waals surface area (Å²) in [4.78, 5) is 12.1. The number of amides is 1. The van der Waals surface area contributed by atoms with Crippen LogP contribution in [0.25, 0.3) is 17.6 Å². The van der Waals surface area contributed by atoms with Crippen LogP contribution in [-0.4, -0.2) is 32.0 Å². The number of benzene rings is 1. The average molecular weight is 495 g/mol. The van der Waals surface area contributed by atoms with E-state index in [2.05, 4.69) is 20.9 Å². The summed E-state index contributed by atoms with van der Waals surface area (Å²) in [6.07, 6.45) is -3.15. The van der Waals surface area contributed by atoms with Crippen LogP contribution in [0.5, 0.6) is 0 Å². The zero-order valence-corrected chi connectivity index (χ0v) is 16.9. The number of nitrogens with zero attached hydrogens (tertiary/aromatic N) is 3. The number of alkyl halides is 3. The number of hydrazine groups is 1. The number of aromatic nitrogens is 3. The highest BCUT2D eigenvalue weighted by Crippen LogP contribution is 3.02. The summed E-state index contributed by atoms with van der Waals surface area (Å²) < 4.78 is 105. The van der Waals surface area contributed by atoms with Crippen LogP contribution in [0.3, 0.4) is 0 Å². The number of halogens is 8. The van der Waals surface area contributed by atoms with Gasteiger partial charge in [0.05, 0.1) is 5.56 Å². The van der Waals surface area contributed by atoms with Crippen molar-refractivity contribution in [2.45, 2.75) is 37.1 Å². The van der Waals surface area contributed by atoms with Gasteiger partial charge in [0.25, 0.3) is 0 Å². The van der Waals surface area contributed by atoms with E-state index in [1.165, 1.54) is 0 Å². The Balaban J connectivity index is 2.31. The number of carbonyl (C=O) groups is 1. The summed E-state index contributed by atoms with van der Waals surface area (Å²) in [5.74, 6) is -1.12. The molecular weight excluding hydrogens is 478 g/mol. The van der Waals surface area contributed by atoms with Gasteiger partial charge in [-0.25, -0.2) is 15.1 Å². The summed E-state index contributed by atoms with van der Waals surface area (Å²) in [6.45, 7) is 1.75. The molecule has 0 aliphatic rings. The van der Waals surface area contributed by atoms with E-state index >= 15 is 0 Å². The highest BCUT2D eigenvalue weighted by atomic mass is 32.5. The van der Waals surface area contributed by atoms with Crippen LogP contribution < -0.4 is 10.9 Å². The van der Waals surface area contributed by atoms with Crippen molar-refractivity contribution >= 4 is 22.3 Å². The van der Waals surface area contributed by atoms with Gasteiger partial charge in [0.2, 0.25) is 5.91 Å². The van der Waals surface area contributed by atoms with Crippen LogP contribution in [-0.2, 0) is 11.0 Å². The van der Waals surface area contributed by atoms with Crippen LogP contribution in [0, 0.1) is 0 Å². The molecule has 1 heterocycles. The molecule has 2 rings (SSSR count). The van der Waals surface area contributed by atoms with Gasteiger partial charge < -0.3 is 5.11 Å². The summed E-state index contributed by atoms with van der Waals surface area (Å²) >= 11 is 0. The second-order valence-corrected chi connectivity index (χ2v) is 8.90. The number of carbonyl (C=O) groups excluding carboxylic acids is 1. The Hall–Kier alpha value is -2.72. The maximum Gasteiger partial charge on any atom is 0.416 e. The highest BCUT2D eigenvalue weighted by Gasteiger charge is 2.66. The van der Waals surface area contributed by atoms with Crippen LogP contribution >= 0.6 is 10.2 Å². The van der Waals surface area contributed by atoms with Gasteiger partial charge in [-0.3, -0.25) is 10.2 Å². The van der Waals surface area contributed by atoms with E-state index < -0.39 is 56.4 Å². The molecule has 0 bridgehead atoms. The normalized spacial score (nSPS) is 15.9. The molecule has 180 valence electrons. The van der Waals surface area contributed by atoms with Crippen molar-refractivity contribution in [1.29, 1.82) is 0 Å². The number of nitrogens with one attached hydrogen (secondary N) is 2. The summed E-state index contributed by atoms with van der Waals surface area (Å²) in [6, 6.07) is -0.632. The second kappa shape index (κ2) is 8.00. The van der Waals surface area contributed by atoms with Crippen molar-refractivity contribution in [3.05, 3.63) is 36.2 Å². The highest BCUT2D eigenvalue weighted by molar-refractivity contribution is 8.45. The van der Waals surface area contributed by atoms with E-state index in [-0.39, 0.29) is 18.6 Å². The lowest BCUT2D eigenvalue weighted by molar-refractivity contribution is -0.137. The SMILES string of the molecule is CCCC(=O)NNC(O)/C=C\n1cnc(-c2cc(C(F)(F)F)cc(S(F)(F)(F)(F)F)c2)n1. The fraction of sp³-hybridized carbons (Fsp3) is 0.312. The van der Waals surface area contributed by atoms with E-state index in [1.807, 2.05) is 0 Å². The quantitative estimate of drug-likeness (QED) is 0.277. The first-order valence-corrected chi connectivity index (χ1v) is 10.6. The Morgan fingerprint density at radius 3 is 2.44 bits per heavy atom. The molecule has 0 spiro atoms. The largest absolute Gasteiger partial charge is 0.416 e. The first-order chi connectivity index (χ1) is 14.4. The number of rotatable bonds is 8. The van der Waals surface area contributed by atoms with Gasteiger partial charge in [-0.1, -0.05) is 26.4 Å². The van der Waals surface area contributed by atoms with Crippen LogP contribution in [0.2, 0.25) is 0 Å². The van der Waals surface area contributed by atoms with Crippen molar-refractivity contribution in [1.82, 2.24) is 25.6 Å². The van der Waals surface area contributed by atoms with Gasteiger partial charge in [0.1, 0.15) is 17.5 Å². The van der Waals surface area contributed by atoms with Crippen molar-refractivity contribution in [2.75, 3.05) is 0 Å². The molecule has 1 atom stereocenters. The Morgan fingerprint density at radius 2 is 1.88 bits per heavy atom. The first-order valence-electron chi connectivity index (χ1n) is 8.67. The Labute approximate surface area is 175 Å². The minimum atomic E-state index is -10.4. The third-order valence-corrected chi connectivity index (χ3v) is 4.83. The fourth-order valence-electron chi connectivity index (χ4n) is 2.26. The molecule has 7 nitrogen and oxygen atoms in total. The molecule has 16 heteroatoms. The fourth-order valence-corrected chi connectivity index (χ4v) is 2.95. The van der Waals surface area contributed by atoms with Crippen molar-refractivity contribution < 1.29 is 42.5 Å². The van der Waals surface area contributed by atoms with Crippen molar-refractivity contribution in [2.24, 2.45) is 0 Å². The third kappa shape index (κ3) is 7.16. The summed E-state index contributed by atoms with van der Waals surface area (Å²) in [5.41, 5.74) is 1.50. The third-order valence-electron chi connectivity index (χ3n) is 3.70. The zero-order chi connectivity index (χ0) is 24.4. The molecular formula is C16H17F8N5O2S. The molecule has 3 N–H and O–H groups in total. The summed E-state index contributed by atoms with van der Waals surface area (Å²) in [7, 11) is -10.4. The molecule has 2 aromatic rings. The molecule has 0 saturated heterocycles. The van der Waals surface area contributed by atoms with E-state index in [9.17, 15) is 42.5 Å². The van der Waals surface area contributed by atoms with E-state index in [1.54, 1.807) is 6.92 Å². The molecule has 1 aromatic heterocycles. The van der Waals surface area contributed by atoms with Crippen LogP contribution in [0.1, 0.15) is 25.3 Å². The predicted molar refractivity (Wildman–Crippen MR) is 99.4 cm³/mol. The maximum atomic E-state index is 13.1. The van der Waals surface area contributed by atoms with Gasteiger partial charge in [-0.15, -0.1) is 5.10 Å². The molecule has 0 radical (unpaired) electrons. The molecule has 1 unspecified atom stereocenters. The standard InChI is InChI=1S/C16H17F8N5O2S/c1-2-3-13(30)26-27-14(31)4-5-29-9-25-15(28-29)10-6-11(16(17,18)19)8-12(7-10)32(20,21,22,23)24/h4-9,14,27,31H,2-3H2,1H3,(H,26,30)/b5-4-. The molecule has 1 amide bonds. The van der Waals surface area contributed by atoms with Gasteiger partial charge in [0.15, 0.2) is 5.82 Å². The smallest absolute Gasteiger partial charge is 0.373 e. The van der Waals surface area contributed by atoms with Crippen LogP contribution in [0.4, 0.5) is 32.6 Å². The molecule has 1 aromatic carbocycles. The number of aliphatic hydroxyl groups is 1. The Morgan fingerprint density at radius 1 is 1.22 bits per heavy atom. The maximum absolute atomic E-state index is 13.1. The van der Waals surface area contributed by atoms with Crippen molar-refractivity contribution in [3.63, 3.8) is 0 Å². The lowest BCUT2D eigenvalue weighted by atomic mass is 10.1. The minimum Gasteiger partial charge on any atom is -0.373 e. The zero-order valence-electron chi connectivity index (χ0n) is 16.1. The Kier molecular flexibility index (Phi) is 6.39. The Bertz CT molecular complexity index is 1020. The van der Waals surface area contributed by atoms with Gasteiger partial charge in [-0.2, -0.15) is 13.2 Å². The number of hydrogen-bond donors (Lipinski definition) is 3. The minimum absolute atomic E-state index is 0.167. The van der Waals surface area contributed by atoms with Gasteiger partial charge >= 0.3 is 16.4 Å². The van der Waals surface area contributed by atoms with Gasteiger partial charge in [0, 0.05) is 18.2 Å². The molecule has 0 saturated carbocycles. The lowest BCUT2D eigenvalue weighted by Gasteiger charge is -2.40. The van der Waals surface area contributed by atoms with Gasteiger partial charge in [-0.05, 0) is 30.7 Å². The first kappa shape index (κ1) is 25.5. The number of aliphatic hydroxyl groups excluding tert-OH is 1. The molecule has 0 aliphatic carbocycles. The average Bonchev–Trinajstić information content (AvgIpc) is 3.11. The predicted octanol–water partition coefficient (Wildman–Crippen LogP) is 4.83. The van der Waals surface area contributed by atoms with Crippen LogP contribution in [0.15, 0.2) is 35.5 Å². The van der Waals surface area contributed by atoms with Crippen molar-refractivity contribution in [3.8, 4) is 11.4 Å². The lowest BCUT2D eigenvalue weighted by Crippen LogP contribution is -2.43. The second-order valence-electron chi connectivity index (χ2n) is 6.49. The van der Waals surface area contributed by atoms with E-state index in [0.717, 1.165) is 23.3 Å². The van der Waals surface area contributed by atoms with E-state index in [0.29, 0.717) is 6.42 Å². The topological polar surface area (TPSA) is 92.1 Å². The molecule has 32 heavy (non-hydrogen) atoms. The molecule has 0 fully saturated rings. The number of hydrogen-bond acceptors (Lipinski definition) is 5. The summed E-state index contributed by atoms with van der Waals surface area (Å²) in [5, 5.41) is 13.3. The van der Waals surface area contributed by atoms with E-state index in [4.69, 9.17) is 0 Å².